The van der Waals surface area contributed by atoms with Gasteiger partial charge >= 0.3 is 5.97 Å². The normalized spacial score (nSPS) is 18.8. The highest BCUT2D eigenvalue weighted by Gasteiger charge is 2.24. The van der Waals surface area contributed by atoms with Crippen molar-refractivity contribution < 1.29 is 13.9 Å². The second kappa shape index (κ2) is 12.7. The van der Waals surface area contributed by atoms with Gasteiger partial charge in [-0.25, -0.2) is 9.18 Å². The number of halogens is 1. The number of hydrogen-bond acceptors (Lipinski definition) is 2. The number of hydrogen-bond donors (Lipinski definition) is 0. The predicted octanol–water partition coefficient (Wildman–Crippen LogP) is 8.86. The molecule has 1 atom stereocenters. The van der Waals surface area contributed by atoms with Crippen molar-refractivity contribution in [2.75, 3.05) is 0 Å². The molecule has 0 amide bonds. The molecule has 1 saturated carbocycles. The van der Waals surface area contributed by atoms with Crippen molar-refractivity contribution in [1.82, 2.24) is 0 Å². The minimum absolute atomic E-state index is 0.0492. The number of esters is 1. The molecule has 0 aliphatic heterocycles. The van der Waals surface area contributed by atoms with E-state index in [0.717, 1.165) is 43.6 Å². The Bertz CT molecular complexity index is 1140. The van der Waals surface area contributed by atoms with Gasteiger partial charge in [-0.15, -0.1) is 0 Å². The topological polar surface area (TPSA) is 26.3 Å². The van der Waals surface area contributed by atoms with Gasteiger partial charge in [0.05, 0.1) is 5.56 Å². The van der Waals surface area contributed by atoms with Crippen LogP contribution in [-0.4, -0.2) is 12.1 Å². The van der Waals surface area contributed by atoms with Crippen LogP contribution >= 0.6 is 0 Å². The van der Waals surface area contributed by atoms with Crippen LogP contribution in [0, 0.1) is 11.7 Å². The fraction of sp³-hybridized carbons (Fsp3) is 0.364. The lowest BCUT2D eigenvalue weighted by molar-refractivity contribution is 0.0161. The van der Waals surface area contributed by atoms with Crippen LogP contribution in [0.2, 0.25) is 0 Å². The van der Waals surface area contributed by atoms with Crippen molar-refractivity contribution in [3.8, 4) is 0 Å². The molecule has 1 unspecified atom stereocenters. The zero-order valence-electron chi connectivity index (χ0n) is 21.5. The highest BCUT2D eigenvalue weighted by atomic mass is 19.1. The summed E-state index contributed by atoms with van der Waals surface area (Å²) in [6, 6.07) is 23.5. The van der Waals surface area contributed by atoms with Gasteiger partial charge in [0.15, 0.2) is 0 Å². The Hall–Kier alpha value is -3.20. The molecule has 3 aromatic rings. The summed E-state index contributed by atoms with van der Waals surface area (Å²) in [7, 11) is 0. The molecule has 0 N–H and O–H groups in total. The van der Waals surface area contributed by atoms with Gasteiger partial charge in [-0.1, -0.05) is 99.5 Å². The Morgan fingerprint density at radius 2 is 1.69 bits per heavy atom. The van der Waals surface area contributed by atoms with E-state index in [1.54, 1.807) is 18.2 Å². The summed E-state index contributed by atoms with van der Waals surface area (Å²) in [4.78, 5) is 12.6. The van der Waals surface area contributed by atoms with E-state index in [2.05, 4.69) is 62.4 Å². The van der Waals surface area contributed by atoms with Gasteiger partial charge in [0.25, 0.3) is 0 Å². The molecule has 0 heterocycles. The van der Waals surface area contributed by atoms with Crippen LogP contribution < -0.4 is 0 Å². The predicted molar refractivity (Wildman–Crippen MR) is 146 cm³/mol. The van der Waals surface area contributed by atoms with E-state index >= 15 is 0 Å². The Labute approximate surface area is 215 Å². The zero-order chi connectivity index (χ0) is 25.3. The summed E-state index contributed by atoms with van der Waals surface area (Å²) in [6.45, 7) is 4.45. The maximum Gasteiger partial charge on any atom is 0.338 e. The second-order valence-corrected chi connectivity index (χ2v) is 10.2. The van der Waals surface area contributed by atoms with E-state index in [-0.39, 0.29) is 11.7 Å². The van der Waals surface area contributed by atoms with E-state index in [9.17, 15) is 9.18 Å². The van der Waals surface area contributed by atoms with Gasteiger partial charge in [0.1, 0.15) is 11.9 Å². The molecule has 3 aromatic carbocycles. The Morgan fingerprint density at radius 3 is 2.36 bits per heavy atom. The van der Waals surface area contributed by atoms with Crippen LogP contribution in [0.15, 0.2) is 72.8 Å². The van der Waals surface area contributed by atoms with Crippen molar-refractivity contribution in [3.05, 3.63) is 106 Å². The summed E-state index contributed by atoms with van der Waals surface area (Å²) in [5.41, 5.74) is 4.35. The monoisotopic (exact) mass is 484 g/mol. The van der Waals surface area contributed by atoms with Gasteiger partial charge in [-0.3, -0.25) is 0 Å². The lowest BCUT2D eigenvalue weighted by Gasteiger charge is -2.28. The van der Waals surface area contributed by atoms with Gasteiger partial charge in [-0.2, -0.15) is 0 Å². The van der Waals surface area contributed by atoms with Crippen LogP contribution in [0.1, 0.15) is 90.9 Å². The number of rotatable bonds is 9. The molecule has 0 bridgehead atoms. The Balaban J connectivity index is 1.31. The molecule has 188 valence electrons. The maximum absolute atomic E-state index is 14.7. The van der Waals surface area contributed by atoms with Crippen LogP contribution in [0.5, 0.6) is 0 Å². The van der Waals surface area contributed by atoms with Crippen molar-refractivity contribution >= 4 is 18.1 Å². The van der Waals surface area contributed by atoms with Crippen LogP contribution in [0.4, 0.5) is 4.39 Å². The molecular weight excluding hydrogens is 447 g/mol. The molecule has 0 saturated heterocycles. The average Bonchev–Trinajstić information content (AvgIpc) is 2.90. The molecule has 0 aromatic heterocycles. The maximum atomic E-state index is 14.7. The molecule has 1 aliphatic rings. The first-order chi connectivity index (χ1) is 17.5. The van der Waals surface area contributed by atoms with Crippen LogP contribution in [-0.2, 0) is 11.2 Å². The largest absolute Gasteiger partial charge is 0.459 e. The first-order valence-electron chi connectivity index (χ1n) is 13.3. The first kappa shape index (κ1) is 25.9. The van der Waals surface area contributed by atoms with Gasteiger partial charge < -0.3 is 4.74 Å². The zero-order valence-corrected chi connectivity index (χ0v) is 21.5. The van der Waals surface area contributed by atoms with Crippen molar-refractivity contribution in [3.63, 3.8) is 0 Å². The van der Waals surface area contributed by atoms with Crippen molar-refractivity contribution in [2.24, 2.45) is 5.92 Å². The molecular formula is C33H37FO2. The van der Waals surface area contributed by atoms with Crippen molar-refractivity contribution in [2.45, 2.75) is 70.8 Å². The fourth-order valence-corrected chi connectivity index (χ4v) is 5.16. The van der Waals surface area contributed by atoms with E-state index < -0.39 is 11.8 Å². The summed E-state index contributed by atoms with van der Waals surface area (Å²) in [5.74, 6) is 0.356. The van der Waals surface area contributed by atoms with E-state index in [1.807, 2.05) is 12.1 Å². The number of carbonyl (C=O) groups is 1. The molecule has 0 spiro atoms. The van der Waals surface area contributed by atoms with Crippen LogP contribution in [0.25, 0.3) is 12.2 Å². The third kappa shape index (κ3) is 7.16. The minimum Gasteiger partial charge on any atom is -0.459 e. The van der Waals surface area contributed by atoms with Crippen LogP contribution in [0.3, 0.4) is 0 Å². The molecule has 36 heavy (non-hydrogen) atoms. The van der Waals surface area contributed by atoms with Gasteiger partial charge in [-0.05, 0) is 72.8 Å². The Kier molecular flexibility index (Phi) is 9.11. The smallest absolute Gasteiger partial charge is 0.338 e. The molecule has 4 rings (SSSR count). The number of benzene rings is 3. The summed E-state index contributed by atoms with van der Waals surface area (Å²) >= 11 is 0. The molecule has 1 aliphatic carbocycles. The first-order valence-corrected chi connectivity index (χ1v) is 13.3. The molecule has 2 nitrogen and oxygen atoms in total. The van der Waals surface area contributed by atoms with E-state index in [4.69, 9.17) is 4.74 Å². The summed E-state index contributed by atoms with van der Waals surface area (Å²) in [6.07, 6.45) is 11.1. The minimum atomic E-state index is -0.427. The molecule has 0 radical (unpaired) electrons. The lowest BCUT2D eigenvalue weighted by atomic mass is 9.85. The van der Waals surface area contributed by atoms with Gasteiger partial charge in [0.2, 0.25) is 0 Å². The third-order valence-corrected chi connectivity index (χ3v) is 7.35. The number of ether oxygens (including phenoxy) is 1. The summed E-state index contributed by atoms with van der Waals surface area (Å²) in [5, 5.41) is 0. The van der Waals surface area contributed by atoms with E-state index in [0.29, 0.717) is 11.5 Å². The standard InChI is InChI=1S/C33H37FO2/c1-3-7-25-15-20-31(21-16-25)36-33(35)30-19-18-29(32(34)23-30)17-14-26-10-12-27(13-11-26)22-24(2)28-8-5-4-6-9-28/h4-6,8-14,17-19,23-25,31H,3,7,15-16,20-22H2,1-2H3/b17-14+. The van der Waals surface area contributed by atoms with Crippen molar-refractivity contribution in [1.29, 1.82) is 0 Å². The van der Waals surface area contributed by atoms with Gasteiger partial charge in [0, 0.05) is 5.56 Å². The Morgan fingerprint density at radius 1 is 0.972 bits per heavy atom. The highest BCUT2D eigenvalue weighted by molar-refractivity contribution is 5.90. The third-order valence-electron chi connectivity index (χ3n) is 7.35. The average molecular weight is 485 g/mol. The quantitative estimate of drug-likeness (QED) is 0.224. The lowest BCUT2D eigenvalue weighted by Crippen LogP contribution is -2.24. The summed E-state index contributed by atoms with van der Waals surface area (Å²) < 4.78 is 20.4. The SMILES string of the molecule is CCCC1CCC(OC(=O)c2ccc(/C=C/c3ccc(CC(C)c4ccccc4)cc3)c(F)c2)CC1. The fourth-order valence-electron chi connectivity index (χ4n) is 5.16. The highest BCUT2D eigenvalue weighted by Crippen LogP contribution is 2.30. The molecule has 3 heteroatoms. The number of carbonyl (C=O) groups excluding carboxylic acids is 1. The van der Waals surface area contributed by atoms with E-state index in [1.165, 1.54) is 30.0 Å². The molecule has 1 fully saturated rings. The second-order valence-electron chi connectivity index (χ2n) is 10.2.